The SMILES string of the molecule is CCCC(C)N1/C(=C/C=C2\CCC(/C=C/C3=[N+](C(C)CCC)c4ccc5ccccc5c4C3(C)C)=C2c2ccccc2)C(C)(C)c2c1ccc1ccccc21.[Cl-]. The first kappa shape index (κ1) is 39.6. The maximum absolute atomic E-state index is 2.66. The van der Waals surface area contributed by atoms with Crippen LogP contribution in [0.1, 0.15) is 111 Å². The molecule has 2 aliphatic heterocycles. The van der Waals surface area contributed by atoms with Gasteiger partial charge in [0.05, 0.1) is 5.41 Å². The van der Waals surface area contributed by atoms with Crippen LogP contribution in [-0.4, -0.2) is 22.4 Å². The Balaban J connectivity index is 0.00000480. The minimum Gasteiger partial charge on any atom is -1.00 e. The zero-order valence-corrected chi connectivity index (χ0v) is 35.6. The summed E-state index contributed by atoms with van der Waals surface area (Å²) in [5.74, 6) is 0. The Labute approximate surface area is 342 Å². The molecule has 5 aromatic carbocycles. The fourth-order valence-electron chi connectivity index (χ4n) is 10.4. The van der Waals surface area contributed by atoms with Crippen LogP contribution in [0.25, 0.3) is 27.1 Å². The summed E-state index contributed by atoms with van der Waals surface area (Å²) < 4.78 is 2.66. The lowest BCUT2D eigenvalue weighted by molar-refractivity contribution is -0.478. The molecule has 0 amide bonds. The highest BCUT2D eigenvalue weighted by Gasteiger charge is 2.47. The number of halogens is 1. The highest BCUT2D eigenvalue weighted by atomic mass is 35.5. The van der Waals surface area contributed by atoms with Crippen molar-refractivity contribution < 1.29 is 17.0 Å². The average Bonchev–Trinajstić information content (AvgIpc) is 3.78. The summed E-state index contributed by atoms with van der Waals surface area (Å²) in [6, 6.07) is 39.2. The van der Waals surface area contributed by atoms with Crippen molar-refractivity contribution in [2.75, 3.05) is 4.90 Å². The Morgan fingerprint density at radius 3 is 1.96 bits per heavy atom. The molecule has 1 aliphatic carbocycles. The monoisotopic (exact) mass is 758 g/mol. The molecule has 0 fully saturated rings. The first-order valence-electron chi connectivity index (χ1n) is 21.0. The van der Waals surface area contributed by atoms with Crippen molar-refractivity contribution in [3.05, 3.63) is 161 Å². The van der Waals surface area contributed by atoms with E-state index in [1.807, 2.05) is 0 Å². The zero-order chi connectivity index (χ0) is 38.5. The van der Waals surface area contributed by atoms with Gasteiger partial charge in [-0.25, -0.2) is 0 Å². The molecule has 0 radical (unpaired) electrons. The Bertz CT molecular complexity index is 2440. The summed E-state index contributed by atoms with van der Waals surface area (Å²) in [5, 5.41) is 5.39. The first-order chi connectivity index (χ1) is 26.6. The predicted octanol–water partition coefficient (Wildman–Crippen LogP) is 11.2. The minimum atomic E-state index is -0.129. The predicted molar refractivity (Wildman–Crippen MR) is 238 cm³/mol. The van der Waals surface area contributed by atoms with Crippen molar-refractivity contribution in [3.63, 3.8) is 0 Å². The van der Waals surface area contributed by atoms with E-state index in [0.717, 1.165) is 38.5 Å². The molecule has 56 heavy (non-hydrogen) atoms. The van der Waals surface area contributed by atoms with E-state index >= 15 is 0 Å². The van der Waals surface area contributed by atoms with Crippen LogP contribution >= 0.6 is 0 Å². The molecule has 5 aromatic rings. The number of allylic oxidation sites excluding steroid dienone is 8. The number of rotatable bonds is 10. The fourth-order valence-corrected chi connectivity index (χ4v) is 10.4. The average molecular weight is 760 g/mol. The van der Waals surface area contributed by atoms with Gasteiger partial charge in [0.2, 0.25) is 5.69 Å². The second-order valence-electron chi connectivity index (χ2n) is 17.4. The Morgan fingerprint density at radius 2 is 1.29 bits per heavy atom. The zero-order valence-electron chi connectivity index (χ0n) is 34.8. The van der Waals surface area contributed by atoms with E-state index in [0.29, 0.717) is 12.1 Å². The van der Waals surface area contributed by atoms with Gasteiger partial charge in [-0.2, -0.15) is 4.58 Å². The van der Waals surface area contributed by atoms with Crippen LogP contribution in [0, 0.1) is 0 Å². The lowest BCUT2D eigenvalue weighted by Crippen LogP contribution is -3.00. The molecule has 2 unspecified atom stereocenters. The van der Waals surface area contributed by atoms with Crippen LogP contribution in [0.3, 0.4) is 0 Å². The van der Waals surface area contributed by atoms with Gasteiger partial charge in [0.15, 0.2) is 11.8 Å². The molecular weight excluding hydrogens is 700 g/mol. The van der Waals surface area contributed by atoms with Crippen LogP contribution in [0.5, 0.6) is 0 Å². The minimum absolute atomic E-state index is 0. The van der Waals surface area contributed by atoms with Crippen LogP contribution in [0.2, 0.25) is 0 Å². The molecule has 2 nitrogen and oxygen atoms in total. The molecule has 3 heteroatoms. The molecule has 0 saturated heterocycles. The summed E-state index contributed by atoms with van der Waals surface area (Å²) in [5.41, 5.74) is 13.8. The molecule has 3 aliphatic rings. The molecule has 2 heterocycles. The number of anilines is 1. The van der Waals surface area contributed by atoms with Crippen molar-refractivity contribution in [2.24, 2.45) is 0 Å². The Kier molecular flexibility index (Phi) is 11.1. The van der Waals surface area contributed by atoms with Crippen molar-refractivity contribution in [1.82, 2.24) is 0 Å². The first-order valence-corrected chi connectivity index (χ1v) is 21.0. The summed E-state index contributed by atoms with van der Waals surface area (Å²) in [4.78, 5) is 2.66. The molecule has 2 atom stereocenters. The summed E-state index contributed by atoms with van der Waals surface area (Å²) in [7, 11) is 0. The van der Waals surface area contributed by atoms with Crippen molar-refractivity contribution >= 4 is 44.2 Å². The third-order valence-electron chi connectivity index (χ3n) is 12.9. The summed E-state index contributed by atoms with van der Waals surface area (Å²) in [6.07, 6.45) is 16.6. The van der Waals surface area contributed by atoms with Gasteiger partial charge >= 0.3 is 0 Å². The van der Waals surface area contributed by atoms with Gasteiger partial charge in [0, 0.05) is 47.0 Å². The van der Waals surface area contributed by atoms with E-state index in [2.05, 4.69) is 192 Å². The third-order valence-corrected chi connectivity index (χ3v) is 12.9. The molecule has 288 valence electrons. The van der Waals surface area contributed by atoms with Crippen LogP contribution in [-0.2, 0) is 10.8 Å². The van der Waals surface area contributed by atoms with Gasteiger partial charge in [0.1, 0.15) is 0 Å². The fraction of sp³-hybridized carbons (Fsp3) is 0.340. The molecule has 0 aromatic heterocycles. The Morgan fingerprint density at radius 1 is 0.661 bits per heavy atom. The van der Waals surface area contributed by atoms with Crippen LogP contribution in [0.4, 0.5) is 11.4 Å². The number of benzene rings is 5. The number of hydrogen-bond acceptors (Lipinski definition) is 1. The maximum Gasteiger partial charge on any atom is 0.210 e. The maximum atomic E-state index is 2.66. The Hall–Kier alpha value is -4.66. The highest BCUT2D eigenvalue weighted by Crippen LogP contribution is 2.52. The van der Waals surface area contributed by atoms with E-state index < -0.39 is 0 Å². The second-order valence-corrected chi connectivity index (χ2v) is 17.4. The standard InChI is InChI=1S/C53H59N2.ClH/c1-9-18-36(3)54-45-32-28-38-20-14-16-24-43(38)50(45)52(5,6)47(54)34-30-41-26-27-42(49(41)40-22-12-11-13-23-40)31-35-48-53(7,8)51-44-25-17-15-21-39(44)29-33-46(51)55(48)37(4)19-10-2;/h11-17,20-25,28-37H,9-10,18-19,26-27H2,1-8H3;1H/q+1;/p-1. The van der Waals surface area contributed by atoms with Gasteiger partial charge < -0.3 is 17.3 Å². The van der Waals surface area contributed by atoms with Gasteiger partial charge in [-0.05, 0) is 121 Å². The quantitative estimate of drug-likeness (QED) is 0.129. The number of hydrogen-bond donors (Lipinski definition) is 0. The lowest BCUT2D eigenvalue weighted by Gasteiger charge is -2.32. The molecule has 0 saturated carbocycles. The van der Waals surface area contributed by atoms with Gasteiger partial charge in [-0.1, -0.05) is 131 Å². The van der Waals surface area contributed by atoms with Crippen molar-refractivity contribution in [2.45, 2.75) is 117 Å². The van der Waals surface area contributed by atoms with E-state index in [-0.39, 0.29) is 23.2 Å². The molecule has 0 N–H and O–H groups in total. The van der Waals surface area contributed by atoms with Gasteiger partial charge in [0.25, 0.3) is 0 Å². The summed E-state index contributed by atoms with van der Waals surface area (Å²) in [6.45, 7) is 19.2. The van der Waals surface area contributed by atoms with Crippen molar-refractivity contribution in [3.8, 4) is 0 Å². The lowest BCUT2D eigenvalue weighted by atomic mass is 9.79. The largest absolute Gasteiger partial charge is 1.00 e. The van der Waals surface area contributed by atoms with Crippen LogP contribution < -0.4 is 17.3 Å². The van der Waals surface area contributed by atoms with Gasteiger partial charge in [-0.15, -0.1) is 0 Å². The smallest absolute Gasteiger partial charge is 0.210 e. The normalized spacial score (nSPS) is 19.8. The molecule has 0 spiro atoms. The van der Waals surface area contributed by atoms with E-state index in [1.165, 1.54) is 77.7 Å². The molecular formula is C53H59ClN2. The third kappa shape index (κ3) is 6.58. The number of nitrogens with zero attached hydrogens (tertiary/aromatic N) is 2. The topological polar surface area (TPSA) is 6.25 Å². The number of fused-ring (bicyclic) bond motifs is 6. The van der Waals surface area contributed by atoms with Crippen LogP contribution in [0.15, 0.2) is 144 Å². The van der Waals surface area contributed by atoms with Gasteiger partial charge in [-0.3, -0.25) is 0 Å². The molecule has 8 rings (SSSR count). The molecule has 0 bridgehead atoms. The van der Waals surface area contributed by atoms with E-state index in [9.17, 15) is 0 Å². The van der Waals surface area contributed by atoms with E-state index in [4.69, 9.17) is 0 Å². The highest BCUT2D eigenvalue weighted by molar-refractivity contribution is 6.08. The van der Waals surface area contributed by atoms with Crippen molar-refractivity contribution in [1.29, 1.82) is 0 Å². The second kappa shape index (κ2) is 15.7. The van der Waals surface area contributed by atoms with E-state index in [1.54, 1.807) is 0 Å². The summed E-state index contributed by atoms with van der Waals surface area (Å²) >= 11 is 0.